The third-order valence-electron chi connectivity index (χ3n) is 3.19. The molecule has 7 heteroatoms. The Bertz CT molecular complexity index is 338. The standard InChI is InChI=1S/C14H24O7/c1-11(15)20-9-14(17,8-19-10-18-2)7-13(16)21-12-5-3-4-6-12/h12,17H,3-10H2,1-2H3. The van der Waals surface area contributed by atoms with E-state index in [4.69, 9.17) is 18.9 Å². The number of aliphatic hydroxyl groups is 1. The van der Waals surface area contributed by atoms with Crippen molar-refractivity contribution < 1.29 is 33.6 Å². The minimum atomic E-state index is -1.61. The average Bonchev–Trinajstić information content (AvgIpc) is 2.89. The number of carbonyl (C=O) groups excluding carboxylic acids is 2. The van der Waals surface area contributed by atoms with E-state index < -0.39 is 17.5 Å². The molecule has 1 aliphatic carbocycles. The lowest BCUT2D eigenvalue weighted by Gasteiger charge is -2.26. The summed E-state index contributed by atoms with van der Waals surface area (Å²) in [5.41, 5.74) is -1.61. The molecule has 0 aromatic rings. The largest absolute Gasteiger partial charge is 0.463 e. The maximum absolute atomic E-state index is 11.9. The van der Waals surface area contributed by atoms with Crippen molar-refractivity contribution in [1.29, 1.82) is 0 Å². The van der Waals surface area contributed by atoms with Gasteiger partial charge in [-0.15, -0.1) is 0 Å². The normalized spacial score (nSPS) is 18.2. The molecule has 0 heterocycles. The summed E-state index contributed by atoms with van der Waals surface area (Å²) in [5, 5.41) is 10.4. The van der Waals surface area contributed by atoms with E-state index in [0.29, 0.717) is 0 Å². The van der Waals surface area contributed by atoms with Crippen molar-refractivity contribution in [2.45, 2.75) is 50.7 Å². The van der Waals surface area contributed by atoms with Crippen LogP contribution in [0.4, 0.5) is 0 Å². The molecular weight excluding hydrogens is 280 g/mol. The first-order chi connectivity index (χ1) is 9.95. The number of ether oxygens (including phenoxy) is 4. The third kappa shape index (κ3) is 7.40. The predicted octanol–water partition coefficient (Wildman–Crippen LogP) is 0.777. The summed E-state index contributed by atoms with van der Waals surface area (Å²) in [5.74, 6) is -1.05. The zero-order chi connectivity index (χ0) is 15.7. The van der Waals surface area contributed by atoms with Gasteiger partial charge < -0.3 is 24.1 Å². The van der Waals surface area contributed by atoms with Gasteiger partial charge in [-0.2, -0.15) is 0 Å². The molecule has 0 bridgehead atoms. The van der Waals surface area contributed by atoms with Crippen molar-refractivity contribution in [3.8, 4) is 0 Å². The van der Waals surface area contributed by atoms with Crippen LogP contribution in [0.1, 0.15) is 39.0 Å². The molecule has 0 aromatic carbocycles. The number of carbonyl (C=O) groups is 2. The summed E-state index contributed by atoms with van der Waals surface area (Å²) < 4.78 is 19.9. The van der Waals surface area contributed by atoms with Crippen molar-refractivity contribution in [3.63, 3.8) is 0 Å². The molecule has 0 saturated heterocycles. The molecule has 21 heavy (non-hydrogen) atoms. The molecule has 7 nitrogen and oxygen atoms in total. The molecule has 0 spiro atoms. The molecule has 1 unspecified atom stereocenters. The number of esters is 2. The van der Waals surface area contributed by atoms with Crippen LogP contribution in [0.2, 0.25) is 0 Å². The zero-order valence-corrected chi connectivity index (χ0v) is 12.6. The maximum Gasteiger partial charge on any atom is 0.309 e. The molecule has 1 fully saturated rings. The first-order valence-corrected chi connectivity index (χ1v) is 7.07. The molecule has 1 atom stereocenters. The van der Waals surface area contributed by atoms with E-state index in [1.807, 2.05) is 0 Å². The van der Waals surface area contributed by atoms with Gasteiger partial charge in [-0.05, 0) is 25.7 Å². The summed E-state index contributed by atoms with van der Waals surface area (Å²) >= 11 is 0. The lowest BCUT2D eigenvalue weighted by atomic mass is 10.0. The van der Waals surface area contributed by atoms with E-state index in [2.05, 4.69) is 0 Å². The van der Waals surface area contributed by atoms with E-state index in [1.54, 1.807) is 0 Å². The fraction of sp³-hybridized carbons (Fsp3) is 0.857. The van der Waals surface area contributed by atoms with Gasteiger partial charge in [-0.3, -0.25) is 9.59 Å². The van der Waals surface area contributed by atoms with Crippen LogP contribution in [0.15, 0.2) is 0 Å². The third-order valence-corrected chi connectivity index (χ3v) is 3.19. The second-order valence-electron chi connectivity index (χ2n) is 5.33. The van der Waals surface area contributed by atoms with Gasteiger partial charge in [0.05, 0.1) is 13.0 Å². The first kappa shape index (κ1) is 17.9. The van der Waals surface area contributed by atoms with E-state index >= 15 is 0 Å². The highest BCUT2D eigenvalue weighted by molar-refractivity contribution is 5.71. The van der Waals surface area contributed by atoms with Gasteiger partial charge in [-0.1, -0.05) is 0 Å². The Balaban J connectivity index is 2.48. The van der Waals surface area contributed by atoms with Crippen LogP contribution in [-0.4, -0.2) is 55.9 Å². The van der Waals surface area contributed by atoms with Crippen LogP contribution in [0.5, 0.6) is 0 Å². The summed E-state index contributed by atoms with van der Waals surface area (Å²) in [6, 6.07) is 0. The highest BCUT2D eigenvalue weighted by Gasteiger charge is 2.34. The van der Waals surface area contributed by atoms with Gasteiger partial charge in [0.2, 0.25) is 0 Å². The second-order valence-corrected chi connectivity index (χ2v) is 5.33. The summed E-state index contributed by atoms with van der Waals surface area (Å²) in [6.07, 6.45) is 3.44. The van der Waals surface area contributed by atoms with E-state index in [1.165, 1.54) is 14.0 Å². The Morgan fingerprint density at radius 1 is 1.24 bits per heavy atom. The van der Waals surface area contributed by atoms with Crippen molar-refractivity contribution in [1.82, 2.24) is 0 Å². The van der Waals surface area contributed by atoms with Crippen molar-refractivity contribution in [2.24, 2.45) is 0 Å². The van der Waals surface area contributed by atoms with Crippen LogP contribution in [0.25, 0.3) is 0 Å². The molecular formula is C14H24O7. The van der Waals surface area contributed by atoms with Gasteiger partial charge in [0.25, 0.3) is 0 Å². The molecule has 0 amide bonds. The molecule has 1 N–H and O–H groups in total. The molecule has 1 aliphatic rings. The highest BCUT2D eigenvalue weighted by Crippen LogP contribution is 2.23. The maximum atomic E-state index is 11.9. The number of rotatable bonds is 9. The Morgan fingerprint density at radius 3 is 2.48 bits per heavy atom. The SMILES string of the molecule is COCOCC(O)(COC(C)=O)CC(=O)OC1CCCC1. The fourth-order valence-electron chi connectivity index (χ4n) is 2.20. The molecule has 122 valence electrons. The Hall–Kier alpha value is -1.18. The molecule has 1 rings (SSSR count). The molecule has 0 aliphatic heterocycles. The van der Waals surface area contributed by atoms with Crippen molar-refractivity contribution in [3.05, 3.63) is 0 Å². The quantitative estimate of drug-likeness (QED) is 0.382. The minimum Gasteiger partial charge on any atom is -0.463 e. The minimum absolute atomic E-state index is 0.0277. The lowest BCUT2D eigenvalue weighted by Crippen LogP contribution is -2.43. The smallest absolute Gasteiger partial charge is 0.309 e. The van der Waals surface area contributed by atoms with Crippen molar-refractivity contribution >= 4 is 11.9 Å². The predicted molar refractivity (Wildman–Crippen MR) is 72.4 cm³/mol. The van der Waals surface area contributed by atoms with E-state index in [9.17, 15) is 14.7 Å². The lowest BCUT2D eigenvalue weighted by molar-refractivity contribution is -0.172. The molecule has 0 radical (unpaired) electrons. The molecule has 1 saturated carbocycles. The number of hydrogen-bond donors (Lipinski definition) is 1. The van der Waals surface area contributed by atoms with Gasteiger partial charge >= 0.3 is 11.9 Å². The Labute approximate surface area is 124 Å². The zero-order valence-electron chi connectivity index (χ0n) is 12.6. The van der Waals surface area contributed by atoms with Crippen LogP contribution in [-0.2, 0) is 28.5 Å². The first-order valence-electron chi connectivity index (χ1n) is 7.07. The molecule has 0 aromatic heterocycles. The topological polar surface area (TPSA) is 91.3 Å². The number of hydrogen-bond acceptors (Lipinski definition) is 7. The summed E-state index contributed by atoms with van der Waals surface area (Å²) in [7, 11) is 1.44. The second kappa shape index (κ2) is 8.96. The van der Waals surface area contributed by atoms with Crippen LogP contribution < -0.4 is 0 Å². The number of methoxy groups -OCH3 is 1. The van der Waals surface area contributed by atoms with Crippen molar-refractivity contribution in [2.75, 3.05) is 27.1 Å². The van der Waals surface area contributed by atoms with Gasteiger partial charge in [-0.25, -0.2) is 0 Å². The van der Waals surface area contributed by atoms with Crippen LogP contribution >= 0.6 is 0 Å². The summed E-state index contributed by atoms with van der Waals surface area (Å²) in [4.78, 5) is 22.8. The summed E-state index contributed by atoms with van der Waals surface area (Å²) in [6.45, 7) is 0.688. The Kier molecular flexibility index (Phi) is 7.63. The average molecular weight is 304 g/mol. The van der Waals surface area contributed by atoms with Gasteiger partial charge in [0, 0.05) is 14.0 Å². The Morgan fingerprint density at radius 2 is 1.90 bits per heavy atom. The van der Waals surface area contributed by atoms with Gasteiger partial charge in [0.1, 0.15) is 25.1 Å². The fourth-order valence-corrected chi connectivity index (χ4v) is 2.20. The van der Waals surface area contributed by atoms with E-state index in [-0.39, 0.29) is 32.5 Å². The van der Waals surface area contributed by atoms with Crippen LogP contribution in [0, 0.1) is 0 Å². The monoisotopic (exact) mass is 304 g/mol. The van der Waals surface area contributed by atoms with E-state index in [0.717, 1.165) is 25.7 Å². The van der Waals surface area contributed by atoms with Gasteiger partial charge in [0.15, 0.2) is 0 Å². The van der Waals surface area contributed by atoms with Crippen LogP contribution in [0.3, 0.4) is 0 Å². The highest BCUT2D eigenvalue weighted by atomic mass is 16.7.